The van der Waals surface area contributed by atoms with Gasteiger partial charge >= 0.3 is 0 Å². The number of carbonyl (C=O) groups excluding carboxylic acids is 1. The summed E-state index contributed by atoms with van der Waals surface area (Å²) in [7, 11) is 0. The highest BCUT2D eigenvalue weighted by Crippen LogP contribution is 2.28. The second-order valence-electron chi connectivity index (χ2n) is 5.16. The third kappa shape index (κ3) is 3.70. The summed E-state index contributed by atoms with van der Waals surface area (Å²) < 4.78 is 1.03. The van der Waals surface area contributed by atoms with Gasteiger partial charge in [-0.2, -0.15) is 0 Å². The van der Waals surface area contributed by atoms with E-state index in [1.54, 1.807) is 0 Å². The second kappa shape index (κ2) is 6.71. The van der Waals surface area contributed by atoms with Crippen molar-refractivity contribution in [3.63, 3.8) is 0 Å². The van der Waals surface area contributed by atoms with E-state index >= 15 is 0 Å². The SMILES string of the molecule is CC(C)CNC(=O)c1cccc(-c2ccccc2Br)c1. The molecule has 0 aromatic heterocycles. The topological polar surface area (TPSA) is 29.1 Å². The first-order valence-corrected chi connectivity index (χ1v) is 7.50. The molecule has 0 aliphatic carbocycles. The van der Waals surface area contributed by atoms with Crippen LogP contribution in [0.25, 0.3) is 11.1 Å². The average molecular weight is 332 g/mol. The molecule has 0 saturated heterocycles. The van der Waals surface area contributed by atoms with E-state index < -0.39 is 0 Å². The lowest BCUT2D eigenvalue weighted by atomic mass is 10.0. The highest BCUT2D eigenvalue weighted by atomic mass is 79.9. The molecular weight excluding hydrogens is 314 g/mol. The maximum atomic E-state index is 12.1. The summed E-state index contributed by atoms with van der Waals surface area (Å²) in [5.41, 5.74) is 2.82. The number of rotatable bonds is 4. The van der Waals surface area contributed by atoms with Crippen LogP contribution in [0.4, 0.5) is 0 Å². The smallest absolute Gasteiger partial charge is 0.251 e. The van der Waals surface area contributed by atoms with Crippen LogP contribution in [0.2, 0.25) is 0 Å². The van der Waals surface area contributed by atoms with Crippen LogP contribution in [-0.2, 0) is 0 Å². The normalized spacial score (nSPS) is 10.6. The Morgan fingerprint density at radius 1 is 1.15 bits per heavy atom. The molecule has 1 N–H and O–H groups in total. The number of amides is 1. The van der Waals surface area contributed by atoms with Gasteiger partial charge < -0.3 is 5.32 Å². The lowest BCUT2D eigenvalue weighted by molar-refractivity contribution is 0.0949. The van der Waals surface area contributed by atoms with Crippen LogP contribution in [-0.4, -0.2) is 12.5 Å². The van der Waals surface area contributed by atoms with Gasteiger partial charge in [0.05, 0.1) is 0 Å². The quantitative estimate of drug-likeness (QED) is 0.877. The van der Waals surface area contributed by atoms with E-state index in [4.69, 9.17) is 0 Å². The van der Waals surface area contributed by atoms with Gasteiger partial charge in [0.15, 0.2) is 0 Å². The van der Waals surface area contributed by atoms with Crippen molar-refractivity contribution < 1.29 is 4.79 Å². The minimum Gasteiger partial charge on any atom is -0.352 e. The van der Waals surface area contributed by atoms with Gasteiger partial charge in [-0.05, 0) is 35.2 Å². The van der Waals surface area contributed by atoms with E-state index in [1.165, 1.54) is 0 Å². The summed E-state index contributed by atoms with van der Waals surface area (Å²) in [6, 6.07) is 15.7. The van der Waals surface area contributed by atoms with E-state index in [-0.39, 0.29) is 5.91 Å². The van der Waals surface area contributed by atoms with Crippen LogP contribution in [0.1, 0.15) is 24.2 Å². The Kier molecular flexibility index (Phi) is 4.96. The fourth-order valence-electron chi connectivity index (χ4n) is 1.92. The van der Waals surface area contributed by atoms with E-state index in [9.17, 15) is 4.79 Å². The fraction of sp³-hybridized carbons (Fsp3) is 0.235. The number of hydrogen-bond acceptors (Lipinski definition) is 1. The summed E-state index contributed by atoms with van der Waals surface area (Å²) >= 11 is 3.54. The molecule has 2 rings (SSSR count). The molecule has 0 aliphatic heterocycles. The summed E-state index contributed by atoms with van der Waals surface area (Å²) in [6.45, 7) is 4.85. The molecule has 2 aromatic rings. The molecule has 0 radical (unpaired) electrons. The summed E-state index contributed by atoms with van der Waals surface area (Å²) in [6.07, 6.45) is 0. The maximum absolute atomic E-state index is 12.1. The molecule has 0 fully saturated rings. The molecule has 0 atom stereocenters. The van der Waals surface area contributed by atoms with Crippen LogP contribution in [0.15, 0.2) is 53.0 Å². The van der Waals surface area contributed by atoms with Crippen molar-refractivity contribution in [3.05, 3.63) is 58.6 Å². The Hall–Kier alpha value is -1.61. The predicted molar refractivity (Wildman–Crippen MR) is 86.7 cm³/mol. The minimum absolute atomic E-state index is 0.0207. The fourth-order valence-corrected chi connectivity index (χ4v) is 2.44. The first-order valence-electron chi connectivity index (χ1n) is 6.71. The number of hydrogen-bond donors (Lipinski definition) is 1. The van der Waals surface area contributed by atoms with Crippen LogP contribution in [0.5, 0.6) is 0 Å². The molecule has 0 heterocycles. The molecule has 3 heteroatoms. The molecule has 2 nitrogen and oxygen atoms in total. The van der Waals surface area contributed by atoms with Crippen molar-refractivity contribution in [2.24, 2.45) is 5.92 Å². The molecular formula is C17H18BrNO. The molecule has 0 saturated carbocycles. The van der Waals surface area contributed by atoms with Gasteiger partial charge in [-0.1, -0.05) is 60.1 Å². The zero-order valence-electron chi connectivity index (χ0n) is 11.7. The van der Waals surface area contributed by atoms with Crippen LogP contribution < -0.4 is 5.32 Å². The zero-order valence-corrected chi connectivity index (χ0v) is 13.3. The maximum Gasteiger partial charge on any atom is 0.251 e. The molecule has 20 heavy (non-hydrogen) atoms. The Bertz CT molecular complexity index is 607. The molecule has 2 aromatic carbocycles. The summed E-state index contributed by atoms with van der Waals surface area (Å²) in [4.78, 5) is 12.1. The van der Waals surface area contributed by atoms with Gasteiger partial charge in [-0.3, -0.25) is 4.79 Å². The summed E-state index contributed by atoms with van der Waals surface area (Å²) in [5, 5.41) is 2.94. The number of nitrogens with one attached hydrogen (secondary N) is 1. The van der Waals surface area contributed by atoms with Gasteiger partial charge in [-0.15, -0.1) is 0 Å². The number of halogens is 1. The van der Waals surface area contributed by atoms with Crippen molar-refractivity contribution in [1.82, 2.24) is 5.32 Å². The van der Waals surface area contributed by atoms with E-state index in [0.29, 0.717) is 18.0 Å². The third-order valence-corrected chi connectivity index (χ3v) is 3.67. The van der Waals surface area contributed by atoms with Gasteiger partial charge in [0.1, 0.15) is 0 Å². The Labute approximate surface area is 128 Å². The first kappa shape index (κ1) is 14.8. The Morgan fingerprint density at radius 2 is 1.90 bits per heavy atom. The van der Waals surface area contributed by atoms with Gasteiger partial charge in [-0.25, -0.2) is 0 Å². The molecule has 0 aliphatic rings. The van der Waals surface area contributed by atoms with E-state index in [0.717, 1.165) is 15.6 Å². The molecule has 1 amide bonds. The predicted octanol–water partition coefficient (Wildman–Crippen LogP) is 4.50. The largest absolute Gasteiger partial charge is 0.352 e. The van der Waals surface area contributed by atoms with Crippen LogP contribution in [0, 0.1) is 5.92 Å². The van der Waals surface area contributed by atoms with E-state index in [1.807, 2.05) is 48.5 Å². The lowest BCUT2D eigenvalue weighted by Crippen LogP contribution is -2.27. The third-order valence-electron chi connectivity index (χ3n) is 2.98. The van der Waals surface area contributed by atoms with Crippen molar-refractivity contribution >= 4 is 21.8 Å². The summed E-state index contributed by atoms with van der Waals surface area (Å²) in [5.74, 6) is 0.429. The Balaban J connectivity index is 2.24. The van der Waals surface area contributed by atoms with Crippen molar-refractivity contribution in [3.8, 4) is 11.1 Å². The minimum atomic E-state index is -0.0207. The van der Waals surface area contributed by atoms with Crippen molar-refractivity contribution in [2.75, 3.05) is 6.54 Å². The molecule has 104 valence electrons. The number of carbonyl (C=O) groups is 1. The molecule has 0 spiro atoms. The highest BCUT2D eigenvalue weighted by Gasteiger charge is 2.08. The first-order chi connectivity index (χ1) is 9.58. The standard InChI is InChI=1S/C17H18BrNO/c1-12(2)11-19-17(20)14-7-5-6-13(10-14)15-8-3-4-9-16(15)18/h3-10,12H,11H2,1-2H3,(H,19,20). The zero-order chi connectivity index (χ0) is 14.5. The Morgan fingerprint density at radius 3 is 2.60 bits per heavy atom. The van der Waals surface area contributed by atoms with Crippen molar-refractivity contribution in [1.29, 1.82) is 0 Å². The number of benzene rings is 2. The van der Waals surface area contributed by atoms with Gasteiger partial charge in [0.25, 0.3) is 5.91 Å². The second-order valence-corrected chi connectivity index (χ2v) is 6.02. The van der Waals surface area contributed by atoms with Gasteiger partial charge in [0.2, 0.25) is 0 Å². The lowest BCUT2D eigenvalue weighted by Gasteiger charge is -2.09. The molecule has 0 bridgehead atoms. The van der Waals surface area contributed by atoms with Gasteiger partial charge in [0, 0.05) is 16.6 Å². The van der Waals surface area contributed by atoms with Crippen molar-refractivity contribution in [2.45, 2.75) is 13.8 Å². The highest BCUT2D eigenvalue weighted by molar-refractivity contribution is 9.10. The van der Waals surface area contributed by atoms with Crippen LogP contribution in [0.3, 0.4) is 0 Å². The van der Waals surface area contributed by atoms with Crippen LogP contribution >= 0.6 is 15.9 Å². The van der Waals surface area contributed by atoms with E-state index in [2.05, 4.69) is 35.1 Å². The monoisotopic (exact) mass is 331 g/mol. The molecule has 0 unspecified atom stereocenters. The average Bonchev–Trinajstić information content (AvgIpc) is 2.45.